The van der Waals surface area contributed by atoms with Crippen molar-refractivity contribution in [3.8, 4) is 0 Å². The van der Waals surface area contributed by atoms with Gasteiger partial charge in [0.1, 0.15) is 25.3 Å². The second kappa shape index (κ2) is 32.5. The number of hydrogen-bond acceptors (Lipinski definition) is 24. The van der Waals surface area contributed by atoms with Gasteiger partial charge in [-0.2, -0.15) is 19.9 Å². The van der Waals surface area contributed by atoms with Gasteiger partial charge in [0.15, 0.2) is 0 Å². The highest BCUT2D eigenvalue weighted by molar-refractivity contribution is 5.44. The molecule has 0 spiro atoms. The van der Waals surface area contributed by atoms with E-state index < -0.39 is 0 Å². The minimum absolute atomic E-state index is 0.0227. The number of aromatic nitrogens is 12. The second-order valence-corrected chi connectivity index (χ2v) is 33.9. The molecule has 538 valence electrons. The SMILES string of the molecule is CCCCN(c1ncnc(NCCCN(CCN(CCCNc2ncnc(N(CCCC)C3CC(C)(C)NC(C)(C)C3)n2)c2ncnc(N(CCCC)C3CC(C)(C)NC(C)(C)C3)n2)c2ncnc(N(CCCC)C3CC(C)(C)NC(C)(C)C3)n2)n1)C1CC(C)(C)NC(C)(C)C1. The summed E-state index contributed by atoms with van der Waals surface area (Å²) in [5.74, 6) is 5.35. The lowest BCUT2D eigenvalue weighted by atomic mass is 9.79. The Labute approximate surface area is 579 Å². The van der Waals surface area contributed by atoms with Crippen LogP contribution in [-0.2, 0) is 0 Å². The molecule has 24 heteroatoms. The first-order chi connectivity index (χ1) is 45.2. The Morgan fingerprint density at radius 3 is 0.781 bits per heavy atom. The fourth-order valence-corrected chi connectivity index (χ4v) is 17.0. The molecule has 0 unspecified atom stereocenters. The lowest BCUT2D eigenvalue weighted by molar-refractivity contribution is 0.157. The van der Waals surface area contributed by atoms with E-state index in [1.54, 1.807) is 25.3 Å². The van der Waals surface area contributed by atoms with Gasteiger partial charge in [-0.05, 0) is 201 Å². The predicted molar refractivity (Wildman–Crippen MR) is 396 cm³/mol. The van der Waals surface area contributed by atoms with E-state index in [1.807, 2.05) is 0 Å². The largest absolute Gasteiger partial charge is 0.354 e. The molecule has 4 saturated heterocycles. The molecule has 4 aromatic rings. The van der Waals surface area contributed by atoms with Gasteiger partial charge < -0.3 is 61.3 Å². The van der Waals surface area contributed by atoms with Crippen molar-refractivity contribution in [1.82, 2.24) is 81.1 Å². The van der Waals surface area contributed by atoms with E-state index in [0.717, 1.165) is 166 Å². The molecule has 6 N–H and O–H groups in total. The molecule has 0 aliphatic carbocycles. The quantitative estimate of drug-likeness (QED) is 0.0234. The Kier molecular flexibility index (Phi) is 25.8. The second-order valence-electron chi connectivity index (χ2n) is 33.9. The molecule has 4 fully saturated rings. The number of nitrogens with one attached hydrogen (secondary N) is 6. The van der Waals surface area contributed by atoms with Gasteiger partial charge in [0.05, 0.1) is 0 Å². The van der Waals surface area contributed by atoms with E-state index in [0.29, 0.717) is 63.1 Å². The Morgan fingerprint density at radius 2 is 0.531 bits per heavy atom. The summed E-state index contributed by atoms with van der Waals surface area (Å²) >= 11 is 0. The average Bonchev–Trinajstić information content (AvgIpc) is 0.812. The van der Waals surface area contributed by atoms with Crippen molar-refractivity contribution in [3.05, 3.63) is 25.3 Å². The van der Waals surface area contributed by atoms with E-state index in [4.69, 9.17) is 59.8 Å². The number of hydrogen-bond donors (Lipinski definition) is 6. The minimum Gasteiger partial charge on any atom is -0.354 e. The van der Waals surface area contributed by atoms with Crippen LogP contribution in [0.2, 0.25) is 0 Å². The molecule has 4 aliphatic heterocycles. The zero-order chi connectivity index (χ0) is 69.7. The van der Waals surface area contributed by atoms with E-state index >= 15 is 0 Å². The Morgan fingerprint density at radius 1 is 0.302 bits per heavy atom. The van der Waals surface area contributed by atoms with Gasteiger partial charge in [0.25, 0.3) is 0 Å². The van der Waals surface area contributed by atoms with Crippen molar-refractivity contribution in [2.75, 3.05) is 105 Å². The average molecular weight is 1330 g/mol. The van der Waals surface area contributed by atoms with Gasteiger partial charge >= 0.3 is 0 Å². The van der Waals surface area contributed by atoms with Crippen LogP contribution in [0.3, 0.4) is 0 Å². The Bertz CT molecular complexity index is 2760. The summed E-state index contributed by atoms with van der Waals surface area (Å²) in [6, 6.07) is 1.06. The lowest BCUT2D eigenvalue weighted by Crippen LogP contribution is -2.62. The van der Waals surface area contributed by atoms with Crippen LogP contribution in [0.4, 0.5) is 47.6 Å². The topological polar surface area (TPSA) is 246 Å². The normalized spacial score (nSPS) is 20.5. The highest BCUT2D eigenvalue weighted by Gasteiger charge is 2.45. The third-order valence-electron chi connectivity index (χ3n) is 19.7. The zero-order valence-electron chi connectivity index (χ0n) is 63.5. The number of nitrogens with zero attached hydrogens (tertiary/aromatic N) is 18. The fraction of sp³-hybridized carbons (Fsp3) is 0.833. The third-order valence-corrected chi connectivity index (χ3v) is 19.7. The molecule has 0 bridgehead atoms. The monoisotopic (exact) mass is 1330 g/mol. The van der Waals surface area contributed by atoms with E-state index in [1.165, 1.54) is 0 Å². The van der Waals surface area contributed by atoms with Crippen LogP contribution in [0.5, 0.6) is 0 Å². The lowest BCUT2D eigenvalue weighted by Gasteiger charge is -2.49. The van der Waals surface area contributed by atoms with Crippen LogP contribution in [0.15, 0.2) is 25.3 Å². The summed E-state index contributed by atoms with van der Waals surface area (Å²) in [4.78, 5) is 74.8. The van der Waals surface area contributed by atoms with Gasteiger partial charge in [-0.15, -0.1) is 0 Å². The summed E-state index contributed by atoms with van der Waals surface area (Å²) in [7, 11) is 0. The van der Waals surface area contributed by atoms with Crippen LogP contribution in [0, 0.1) is 0 Å². The first-order valence-corrected chi connectivity index (χ1v) is 37.2. The van der Waals surface area contributed by atoms with Crippen LogP contribution >= 0.6 is 0 Å². The van der Waals surface area contributed by atoms with Crippen molar-refractivity contribution in [2.24, 2.45) is 0 Å². The highest BCUT2D eigenvalue weighted by atomic mass is 15.4. The van der Waals surface area contributed by atoms with E-state index in [-0.39, 0.29) is 68.5 Å². The van der Waals surface area contributed by atoms with Gasteiger partial charge in [-0.25, -0.2) is 39.9 Å². The number of rotatable bonds is 35. The Balaban J connectivity index is 1.10. The summed E-state index contributed by atoms with van der Waals surface area (Å²) in [5.41, 5.74) is -0.339. The number of anilines is 8. The fourth-order valence-electron chi connectivity index (χ4n) is 17.0. The van der Waals surface area contributed by atoms with E-state index in [2.05, 4.69) is 200 Å². The summed E-state index contributed by atoms with van der Waals surface area (Å²) in [6.45, 7) is 53.3. The van der Waals surface area contributed by atoms with Crippen molar-refractivity contribution in [3.63, 3.8) is 0 Å². The molecule has 0 saturated carbocycles. The summed E-state index contributed by atoms with van der Waals surface area (Å²) in [5, 5.41) is 22.8. The van der Waals surface area contributed by atoms with Crippen LogP contribution in [0.25, 0.3) is 0 Å². The Hall–Kier alpha value is -5.72. The molecule has 8 heterocycles. The highest BCUT2D eigenvalue weighted by Crippen LogP contribution is 2.38. The van der Waals surface area contributed by atoms with Crippen LogP contribution < -0.4 is 61.3 Å². The molecule has 8 rings (SSSR count). The predicted octanol–water partition coefficient (Wildman–Crippen LogP) is 11.4. The maximum atomic E-state index is 5.47. The molecule has 0 aromatic carbocycles. The van der Waals surface area contributed by atoms with Gasteiger partial charge in [-0.1, -0.05) is 53.4 Å². The maximum absolute atomic E-state index is 5.47. The van der Waals surface area contributed by atoms with E-state index in [9.17, 15) is 0 Å². The molecule has 24 nitrogen and oxygen atoms in total. The van der Waals surface area contributed by atoms with Gasteiger partial charge in [0.2, 0.25) is 47.6 Å². The third kappa shape index (κ3) is 22.4. The van der Waals surface area contributed by atoms with Crippen LogP contribution in [-0.4, -0.2) is 194 Å². The van der Waals surface area contributed by atoms with Crippen LogP contribution in [0.1, 0.15) is 254 Å². The zero-order valence-corrected chi connectivity index (χ0v) is 63.5. The number of piperidine rings is 4. The first-order valence-electron chi connectivity index (χ1n) is 37.2. The molecular formula is C72H130N24. The summed E-state index contributed by atoms with van der Waals surface area (Å²) < 4.78 is 0. The molecule has 0 atom stereocenters. The maximum Gasteiger partial charge on any atom is 0.230 e. The molecule has 4 aliphatic rings. The van der Waals surface area contributed by atoms with Crippen molar-refractivity contribution in [1.29, 1.82) is 0 Å². The standard InChI is InChI=1S/C72H130N24/c1-21-25-35-93(53-41-65(5,6)87-66(7,8)42-53)61-79-49-75-57(83-61)73-31-29-33-91(59-77-51-81-63(85-59)95(37-27-23-3)55-45-69(13,14)89-70(15,16)46-55)39-40-92(60-78-52-82-64(86-60)96(38-28-24-4)56-47-71(17,18)90-72(19,20)48-56)34-30-32-74-58-76-50-80-62(84-58)94(36-26-22-2)54-43-67(9,10)88-68(11,12)44-54/h49-56,87-90H,21-48H2,1-20H3,(H,73,75,79,83)(H,74,76,80,84). The van der Waals surface area contributed by atoms with Crippen molar-refractivity contribution < 1.29 is 0 Å². The smallest absolute Gasteiger partial charge is 0.230 e. The van der Waals surface area contributed by atoms with Crippen molar-refractivity contribution in [2.45, 2.75) is 323 Å². The minimum atomic E-state index is -0.0621. The molecule has 96 heavy (non-hydrogen) atoms. The molecule has 0 amide bonds. The van der Waals surface area contributed by atoms with Crippen molar-refractivity contribution >= 4 is 47.6 Å². The van der Waals surface area contributed by atoms with Gasteiger partial charge in [0, 0.05) is 134 Å². The number of unbranched alkanes of at least 4 members (excludes halogenated alkanes) is 4. The molecule has 0 radical (unpaired) electrons. The molecule has 4 aromatic heterocycles. The summed E-state index contributed by atoms with van der Waals surface area (Å²) in [6.07, 6.45) is 24.7. The molecular weight excluding hydrogens is 1200 g/mol. The first kappa shape index (κ1) is 76.0. The van der Waals surface area contributed by atoms with Gasteiger partial charge in [-0.3, -0.25) is 0 Å².